The zero-order valence-electron chi connectivity index (χ0n) is 18.5. The Kier molecular flexibility index (Phi) is 15.6. The van der Waals surface area contributed by atoms with Gasteiger partial charge in [-0.05, 0) is 0 Å². The van der Waals surface area contributed by atoms with E-state index in [1.54, 1.807) is 0 Å². The summed E-state index contributed by atoms with van der Waals surface area (Å²) in [5.74, 6) is -3.65. The second-order valence-corrected chi connectivity index (χ2v) is 8.49. The smallest absolute Gasteiger partial charge is 0.661 e. The molecular formula is C22H38N4O4Ru. The molecule has 4 rings (SSSR count). The normalized spacial score (nSPS) is 30.8. The summed E-state index contributed by atoms with van der Waals surface area (Å²) in [7, 11) is 0. The average Bonchev–Trinajstić information content (AvgIpc) is 2.82. The van der Waals surface area contributed by atoms with Crippen molar-refractivity contribution in [1.29, 1.82) is 0 Å². The average molecular weight is 524 g/mol. The first kappa shape index (κ1) is 28.4. The van der Waals surface area contributed by atoms with Crippen molar-refractivity contribution in [3.8, 4) is 0 Å². The molecule has 4 heterocycles. The van der Waals surface area contributed by atoms with E-state index in [9.17, 15) is 0 Å². The minimum absolute atomic E-state index is 0. The maximum Gasteiger partial charge on any atom is 4.00 e. The molecule has 0 aromatic rings. The maximum absolute atomic E-state index is 9.10. The Morgan fingerprint density at radius 3 is 0.839 bits per heavy atom. The quantitative estimate of drug-likeness (QED) is 0.396. The summed E-state index contributed by atoms with van der Waals surface area (Å²) in [5, 5.41) is 33.4. The van der Waals surface area contributed by atoms with Gasteiger partial charge in [0.2, 0.25) is 0 Å². The van der Waals surface area contributed by atoms with Gasteiger partial charge in [-0.2, -0.15) is 24.2 Å². The van der Waals surface area contributed by atoms with Gasteiger partial charge in [0.25, 0.3) is 0 Å². The molecule has 0 aromatic heterocycles. The molecule has 178 valence electrons. The molecule has 4 unspecified atom stereocenters. The Balaban J connectivity index is 0.000000243. The minimum Gasteiger partial charge on any atom is -0.661 e. The van der Waals surface area contributed by atoms with E-state index >= 15 is 0 Å². The van der Waals surface area contributed by atoms with Crippen molar-refractivity contribution in [2.75, 3.05) is 26.2 Å². The van der Waals surface area contributed by atoms with Crippen molar-refractivity contribution >= 4 is 11.9 Å². The van der Waals surface area contributed by atoms with E-state index in [1.807, 2.05) is 0 Å². The predicted octanol–water partition coefficient (Wildman–Crippen LogP) is 4.83. The van der Waals surface area contributed by atoms with Crippen LogP contribution in [0.4, 0.5) is 0 Å². The molecule has 8 nitrogen and oxygen atoms in total. The summed E-state index contributed by atoms with van der Waals surface area (Å²) in [4.78, 5) is 18.2. The third kappa shape index (κ3) is 11.7. The number of hydrogen-bond donors (Lipinski definition) is 2. The molecule has 0 aliphatic carbocycles. The maximum atomic E-state index is 9.10. The van der Waals surface area contributed by atoms with Crippen molar-refractivity contribution in [2.45, 2.75) is 101 Å². The molecule has 4 aliphatic heterocycles. The van der Waals surface area contributed by atoms with Gasteiger partial charge in [0.15, 0.2) is 0 Å². The summed E-state index contributed by atoms with van der Waals surface area (Å²) in [5.41, 5.74) is 0. The fraction of sp³-hybridized carbons (Fsp3) is 0.909. The number of nitrogens with zero attached hydrogens (tertiary/aromatic N) is 4. The Bertz CT molecular complexity index is 412. The van der Waals surface area contributed by atoms with E-state index in [2.05, 4.69) is 21.3 Å². The predicted molar refractivity (Wildman–Crippen MR) is 119 cm³/mol. The van der Waals surface area contributed by atoms with E-state index in [0.717, 1.165) is 26.2 Å². The van der Waals surface area contributed by atoms with Crippen LogP contribution in [0.25, 0.3) is 21.3 Å². The summed E-state index contributed by atoms with van der Waals surface area (Å²) in [6, 6.07) is 2.39. The summed E-state index contributed by atoms with van der Waals surface area (Å²) in [6.07, 6.45) is 15.9. The molecule has 0 bridgehead atoms. The molecule has 4 atom stereocenters. The number of aliphatic carboxylic acids is 2. The minimum atomic E-state index is -1.82. The second-order valence-electron chi connectivity index (χ2n) is 8.49. The number of piperidine rings is 4. The van der Waals surface area contributed by atoms with Gasteiger partial charge in [-0.15, -0.1) is 26.2 Å². The van der Waals surface area contributed by atoms with Gasteiger partial charge in [0.1, 0.15) is 0 Å². The van der Waals surface area contributed by atoms with Gasteiger partial charge in [0.05, 0.1) is 0 Å². The van der Waals surface area contributed by atoms with E-state index < -0.39 is 11.9 Å². The van der Waals surface area contributed by atoms with Crippen molar-refractivity contribution in [3.63, 3.8) is 0 Å². The molecule has 9 heteroatoms. The number of carbonyl (C=O) groups is 2. The van der Waals surface area contributed by atoms with Crippen LogP contribution < -0.4 is 0 Å². The zero-order valence-corrected chi connectivity index (χ0v) is 20.2. The first-order valence-corrected chi connectivity index (χ1v) is 11.7. The number of carboxylic acid groups (broad SMARTS) is 2. The van der Waals surface area contributed by atoms with Crippen molar-refractivity contribution in [1.82, 2.24) is 0 Å². The van der Waals surface area contributed by atoms with Crippen LogP contribution in [-0.4, -0.2) is 72.5 Å². The molecule has 2 N–H and O–H groups in total. The Morgan fingerprint density at radius 2 is 0.710 bits per heavy atom. The summed E-state index contributed by atoms with van der Waals surface area (Å²) >= 11 is 0. The van der Waals surface area contributed by atoms with Crippen molar-refractivity contribution < 1.29 is 39.3 Å². The molecule has 0 saturated carbocycles. The monoisotopic (exact) mass is 524 g/mol. The van der Waals surface area contributed by atoms with Gasteiger partial charge in [-0.3, -0.25) is 0 Å². The fourth-order valence-corrected chi connectivity index (χ4v) is 4.51. The van der Waals surface area contributed by atoms with E-state index in [-0.39, 0.29) is 19.5 Å². The molecule has 0 aromatic carbocycles. The standard InChI is InChI=1S/2C10H18N2.C2H2O4.Ru/c2*1-3-7-11-9(5-1)10-6-2-4-8-12-10;3-1(4)2(5)6;/h2*9-10H,1-8H2;(H,3,4)(H,5,6);/q2*-2;;+4. The third-order valence-electron chi connectivity index (χ3n) is 6.16. The molecule has 4 saturated heterocycles. The fourth-order valence-electron chi connectivity index (χ4n) is 4.51. The van der Waals surface area contributed by atoms with Crippen LogP contribution in [0, 0.1) is 0 Å². The van der Waals surface area contributed by atoms with E-state index in [1.165, 1.54) is 77.0 Å². The molecule has 0 spiro atoms. The summed E-state index contributed by atoms with van der Waals surface area (Å²) < 4.78 is 0. The Labute approximate surface area is 199 Å². The molecule has 0 radical (unpaired) electrons. The van der Waals surface area contributed by atoms with Crippen LogP contribution in [0.3, 0.4) is 0 Å². The van der Waals surface area contributed by atoms with Crippen LogP contribution in [0.2, 0.25) is 0 Å². The topological polar surface area (TPSA) is 131 Å². The second kappa shape index (κ2) is 17.0. The van der Waals surface area contributed by atoms with Crippen LogP contribution in [0.15, 0.2) is 0 Å². The molecular weight excluding hydrogens is 485 g/mol. The van der Waals surface area contributed by atoms with Crippen LogP contribution in [0.5, 0.6) is 0 Å². The third-order valence-corrected chi connectivity index (χ3v) is 6.16. The van der Waals surface area contributed by atoms with Gasteiger partial charge in [0, 0.05) is 0 Å². The first-order chi connectivity index (χ1) is 14.6. The van der Waals surface area contributed by atoms with Crippen LogP contribution in [0.1, 0.15) is 77.0 Å². The van der Waals surface area contributed by atoms with E-state index in [0.29, 0.717) is 24.2 Å². The Morgan fingerprint density at radius 1 is 0.484 bits per heavy atom. The molecule has 4 aliphatic rings. The summed E-state index contributed by atoms with van der Waals surface area (Å²) in [6.45, 7) is 4.38. The number of rotatable bonds is 2. The van der Waals surface area contributed by atoms with Crippen molar-refractivity contribution in [2.24, 2.45) is 0 Å². The van der Waals surface area contributed by atoms with Crippen LogP contribution in [-0.2, 0) is 29.1 Å². The molecule has 4 fully saturated rings. The van der Waals surface area contributed by atoms with Gasteiger partial charge < -0.3 is 31.5 Å². The molecule has 31 heavy (non-hydrogen) atoms. The van der Waals surface area contributed by atoms with Gasteiger partial charge >= 0.3 is 31.4 Å². The first-order valence-electron chi connectivity index (χ1n) is 11.7. The number of carboxylic acids is 2. The Hall–Kier alpha value is -0.597. The van der Waals surface area contributed by atoms with Gasteiger partial charge in [-0.25, -0.2) is 9.59 Å². The molecule has 0 amide bonds. The number of hydrogen-bond acceptors (Lipinski definition) is 2. The van der Waals surface area contributed by atoms with Gasteiger partial charge in [-0.1, -0.05) is 77.0 Å². The van der Waals surface area contributed by atoms with Crippen LogP contribution >= 0.6 is 0 Å². The SMILES string of the molecule is C1CCC(C2CCCC[N-]2)[N-]C1.C1CCC(C2CCCC[N-]2)[N-]C1.O=C(O)C(=O)O.[Ru+4]. The van der Waals surface area contributed by atoms with Crippen molar-refractivity contribution in [3.05, 3.63) is 21.3 Å². The zero-order chi connectivity index (χ0) is 21.6. The largest absolute Gasteiger partial charge is 4.00 e. The van der Waals surface area contributed by atoms with E-state index in [4.69, 9.17) is 19.8 Å².